The van der Waals surface area contributed by atoms with Crippen LogP contribution in [0.4, 0.5) is 0 Å². The summed E-state index contributed by atoms with van der Waals surface area (Å²) in [4.78, 5) is 27.5. The summed E-state index contributed by atoms with van der Waals surface area (Å²) >= 11 is 0. The largest absolute Gasteiger partial charge is 0.481 e. The third kappa shape index (κ3) is 15.7. The van der Waals surface area contributed by atoms with Crippen LogP contribution in [-0.2, 0) is 18.0 Å². The molecule has 4 N–H and O–H groups in total. The zero-order valence-electron chi connectivity index (χ0n) is 31.3. The number of aliphatic hydroxyl groups is 1. The molecular weight excluding hydrogens is 670 g/mol. The molecule has 2 aliphatic rings. The van der Waals surface area contributed by atoms with Crippen LogP contribution in [0.1, 0.15) is 88.5 Å². The van der Waals surface area contributed by atoms with Crippen LogP contribution >= 0.6 is 15.6 Å². The zero-order valence-corrected chi connectivity index (χ0v) is 33.1. The van der Waals surface area contributed by atoms with Crippen LogP contribution in [0, 0.1) is 16.7 Å². The van der Waals surface area contributed by atoms with Gasteiger partial charge in [0, 0.05) is 5.92 Å². The highest BCUT2D eigenvalue weighted by Gasteiger charge is 2.40. The smallest absolute Gasteiger partial charge is 0.393 e. The second-order valence-corrected chi connectivity index (χ2v) is 17.6. The predicted octanol–water partition coefficient (Wildman–Crippen LogP) is 10.6. The van der Waals surface area contributed by atoms with Crippen LogP contribution in [0.2, 0.25) is 0 Å². The van der Waals surface area contributed by atoms with Gasteiger partial charge in [0.1, 0.15) is 0 Å². The first-order valence-corrected chi connectivity index (χ1v) is 19.9. The normalized spacial score (nSPS) is 25.9. The van der Waals surface area contributed by atoms with Crippen molar-refractivity contribution >= 4 is 15.6 Å². The molecule has 0 radical (unpaired) electrons. The van der Waals surface area contributed by atoms with Crippen molar-refractivity contribution in [2.75, 3.05) is 0 Å². The van der Waals surface area contributed by atoms with E-state index >= 15 is 0 Å². The van der Waals surface area contributed by atoms with E-state index in [0.717, 1.165) is 35.1 Å². The zero-order chi connectivity index (χ0) is 37.9. The average Bonchev–Trinajstić information content (AvgIpc) is 2.91. The van der Waals surface area contributed by atoms with E-state index in [-0.39, 0.29) is 22.9 Å². The van der Waals surface area contributed by atoms with E-state index < -0.39 is 21.7 Å². The van der Waals surface area contributed by atoms with E-state index in [1.807, 2.05) is 77.2 Å². The SMILES string of the molecule is CC1=C[C@H](OP(=O)(O)OP(=O)(O)O)CC(C)(C)[C@H]1/C=C/C(C)=C/C=C/C(C)=C/C=C/C=C(C)/C=C/C=C(C)/C=C/C1=C(C)C[C@@H](O)CC1(C)C. The van der Waals surface area contributed by atoms with Gasteiger partial charge < -0.3 is 19.8 Å². The minimum atomic E-state index is -5.18. The molecule has 0 amide bonds. The van der Waals surface area contributed by atoms with Crippen molar-refractivity contribution in [2.24, 2.45) is 16.7 Å². The Morgan fingerprint density at radius 2 is 1.28 bits per heavy atom. The fraction of sp³-hybridized carbons (Fsp3) is 0.450. The molecule has 0 fully saturated rings. The Morgan fingerprint density at radius 3 is 1.78 bits per heavy atom. The Hall–Kier alpha value is -2.64. The molecule has 0 aromatic rings. The first-order valence-electron chi connectivity index (χ1n) is 16.9. The van der Waals surface area contributed by atoms with Gasteiger partial charge >= 0.3 is 15.6 Å². The van der Waals surface area contributed by atoms with E-state index in [0.29, 0.717) is 6.42 Å². The summed E-state index contributed by atoms with van der Waals surface area (Å²) in [7, 11) is -10.1. The Balaban J connectivity index is 1.94. The number of phosphoric ester groups is 1. The van der Waals surface area contributed by atoms with Gasteiger partial charge in [0.15, 0.2) is 0 Å². The maximum Gasteiger partial charge on any atom is 0.481 e. The van der Waals surface area contributed by atoms with Gasteiger partial charge in [-0.3, -0.25) is 4.52 Å². The number of hydrogen-bond donors (Lipinski definition) is 4. The van der Waals surface area contributed by atoms with Crippen LogP contribution in [-0.4, -0.2) is 32.0 Å². The lowest BCUT2D eigenvalue weighted by atomic mass is 9.67. The highest BCUT2D eigenvalue weighted by atomic mass is 31.3. The van der Waals surface area contributed by atoms with Gasteiger partial charge in [0.25, 0.3) is 0 Å². The molecule has 2 rings (SSSR count). The summed E-state index contributed by atoms with van der Waals surface area (Å²) in [5.74, 6) is 0.0307. The third-order valence-electron chi connectivity index (χ3n) is 8.79. The minimum Gasteiger partial charge on any atom is -0.393 e. The summed E-state index contributed by atoms with van der Waals surface area (Å²) in [6, 6.07) is 0. The van der Waals surface area contributed by atoms with Gasteiger partial charge in [0.2, 0.25) is 0 Å². The number of phosphoric acid groups is 2. The predicted molar refractivity (Wildman–Crippen MR) is 206 cm³/mol. The number of aliphatic hydroxyl groups excluding tert-OH is 1. The van der Waals surface area contributed by atoms with Crippen LogP contribution in [0.5, 0.6) is 0 Å². The Kier molecular flexibility index (Phi) is 16.3. The molecule has 0 bridgehead atoms. The lowest BCUT2D eigenvalue weighted by Crippen LogP contribution is -2.33. The monoisotopic (exact) mass is 728 g/mol. The van der Waals surface area contributed by atoms with Crippen LogP contribution < -0.4 is 0 Å². The highest BCUT2D eigenvalue weighted by Crippen LogP contribution is 2.59. The van der Waals surface area contributed by atoms with Crippen molar-refractivity contribution in [3.8, 4) is 0 Å². The molecule has 276 valence electrons. The standard InChI is InChI=1S/C40H58O8P2/c1-29(17-13-19-31(3)21-23-37-33(5)25-35(41)27-39(37,7)8)15-11-12-16-30(2)18-14-20-32(4)22-24-38-34(6)26-36(28-40(38,9)10)47-50(45,46)48-49(42,43)44/h11-24,26,35-36,38,41H,25,27-28H2,1-10H3,(H,45,46)(H2,42,43,44)/b12-11+,17-13+,18-14+,23-21+,24-22+,29-15+,30-16+,31-19+,32-20+/t35-,36+,38+/m1/s1. The maximum absolute atomic E-state index is 12.0. The van der Waals surface area contributed by atoms with Gasteiger partial charge in [-0.2, -0.15) is 4.31 Å². The number of rotatable bonds is 14. The molecule has 0 saturated carbocycles. The average molecular weight is 729 g/mol. The maximum atomic E-state index is 12.0. The van der Waals surface area contributed by atoms with E-state index in [9.17, 15) is 19.1 Å². The fourth-order valence-corrected chi connectivity index (χ4v) is 8.21. The quantitative estimate of drug-likeness (QED) is 0.0789. The first kappa shape index (κ1) is 43.5. The summed E-state index contributed by atoms with van der Waals surface area (Å²) in [6.07, 6.45) is 31.5. The highest BCUT2D eigenvalue weighted by molar-refractivity contribution is 7.60. The second kappa shape index (κ2) is 18.7. The van der Waals surface area contributed by atoms with E-state index in [1.54, 1.807) is 6.08 Å². The van der Waals surface area contributed by atoms with Crippen molar-refractivity contribution < 1.29 is 37.8 Å². The van der Waals surface area contributed by atoms with Crippen molar-refractivity contribution in [2.45, 2.75) is 101 Å². The molecule has 0 spiro atoms. The molecule has 0 aromatic carbocycles. The lowest BCUT2D eigenvalue weighted by molar-refractivity contribution is 0.0975. The summed E-state index contributed by atoms with van der Waals surface area (Å²) in [5, 5.41) is 10.1. The molecule has 4 atom stereocenters. The second-order valence-electron chi connectivity index (χ2n) is 14.8. The number of hydrogen-bond acceptors (Lipinski definition) is 5. The van der Waals surface area contributed by atoms with Crippen LogP contribution in [0.25, 0.3) is 0 Å². The Morgan fingerprint density at radius 1 is 0.780 bits per heavy atom. The molecule has 0 saturated heterocycles. The van der Waals surface area contributed by atoms with Gasteiger partial charge in [-0.15, -0.1) is 0 Å². The van der Waals surface area contributed by atoms with Crippen molar-refractivity contribution in [3.05, 3.63) is 130 Å². The van der Waals surface area contributed by atoms with E-state index in [2.05, 4.69) is 81.5 Å². The lowest BCUT2D eigenvalue weighted by Gasteiger charge is -2.40. The molecule has 8 nitrogen and oxygen atoms in total. The minimum absolute atomic E-state index is 0.0251. The molecular formula is C40H58O8P2. The van der Waals surface area contributed by atoms with Crippen LogP contribution in [0.15, 0.2) is 130 Å². The molecule has 0 heterocycles. The summed E-state index contributed by atoms with van der Waals surface area (Å²) < 4.78 is 32.0. The molecule has 10 heteroatoms. The van der Waals surface area contributed by atoms with Gasteiger partial charge in [-0.05, 0) is 77.2 Å². The molecule has 1 unspecified atom stereocenters. The van der Waals surface area contributed by atoms with Gasteiger partial charge in [-0.1, -0.05) is 152 Å². The topological polar surface area (TPSA) is 134 Å². The van der Waals surface area contributed by atoms with E-state index in [4.69, 9.17) is 14.3 Å². The fourth-order valence-electron chi connectivity index (χ4n) is 6.51. The third-order valence-corrected chi connectivity index (χ3v) is 11.0. The van der Waals surface area contributed by atoms with Gasteiger partial charge in [-0.25, -0.2) is 9.13 Å². The number of allylic oxidation sites excluding steroid dienone is 20. The van der Waals surface area contributed by atoms with Crippen LogP contribution in [0.3, 0.4) is 0 Å². The first-order chi connectivity index (χ1) is 23.0. The van der Waals surface area contributed by atoms with Crippen molar-refractivity contribution in [1.82, 2.24) is 0 Å². The molecule has 0 aliphatic heterocycles. The Labute approximate surface area is 300 Å². The van der Waals surface area contributed by atoms with Gasteiger partial charge in [0.05, 0.1) is 12.2 Å². The summed E-state index contributed by atoms with van der Waals surface area (Å²) in [6.45, 7) is 20.6. The molecule has 50 heavy (non-hydrogen) atoms. The van der Waals surface area contributed by atoms with Crippen molar-refractivity contribution in [1.29, 1.82) is 0 Å². The molecule has 2 aliphatic carbocycles. The van der Waals surface area contributed by atoms with E-state index in [1.165, 1.54) is 16.7 Å². The molecule has 0 aromatic heterocycles. The Bertz CT molecular complexity index is 1650. The van der Waals surface area contributed by atoms with Crippen molar-refractivity contribution in [3.63, 3.8) is 0 Å². The summed E-state index contributed by atoms with van der Waals surface area (Å²) in [5.41, 5.74) is 7.58.